The number of pyridine rings is 3. The van der Waals surface area contributed by atoms with E-state index in [9.17, 15) is 29.7 Å². The summed E-state index contributed by atoms with van der Waals surface area (Å²) in [5, 5.41) is 57.3. The SMILES string of the molecule is CC[C@@H]1CCCC[C@H]1NC.O=c1c2cc(Cc3ccc(-n4cccn4)nc3)c3ccccc3c2ncn1[C@H]1CCOC[C@@H]1O.O=c1c2cc(Cc3ccc(-n4cccn4)nc3)c3ccccc3c2ncn1[C@H]1CCOC[C@@H]1O.O=c1c2cc(Cc3ccc(Cl)nc3)c3ccccc3c2ncn1[C@H]1CCOC[C@@H]1O.c1cn[nH]c1. The lowest BCUT2D eigenvalue weighted by atomic mass is 9.83. The highest BCUT2D eigenvalue weighted by Gasteiger charge is 2.31. The van der Waals surface area contributed by atoms with E-state index in [4.69, 9.17) is 25.8 Å². The molecule has 12 heterocycles. The molecule has 1 saturated carbocycles. The molecule has 19 rings (SSSR count). The monoisotopic (exact) mass is 1540 g/mol. The fraction of sp³-hybridized carbons (Fsp3) is 0.310. The fourth-order valence-electron chi connectivity index (χ4n) is 16.0. The number of aliphatic hydroxyl groups is 3. The second-order valence-corrected chi connectivity index (χ2v) is 29.3. The summed E-state index contributed by atoms with van der Waals surface area (Å²) in [6.45, 7) is 4.51. The van der Waals surface area contributed by atoms with E-state index in [0.717, 1.165) is 89.3 Å². The number of fused-ring (bicyclic) bond motifs is 9. The molecule has 0 bridgehead atoms. The molecular formula is C87H89ClN16O9. The van der Waals surface area contributed by atoms with E-state index in [2.05, 4.69) is 81.7 Å². The van der Waals surface area contributed by atoms with E-state index in [1.165, 1.54) is 32.1 Å². The van der Waals surface area contributed by atoms with Crippen molar-refractivity contribution in [3.05, 3.63) is 290 Å². The molecule has 0 unspecified atom stereocenters. The number of H-pyrrole nitrogens is 1. The lowest BCUT2D eigenvalue weighted by molar-refractivity contribution is -0.0395. The summed E-state index contributed by atoms with van der Waals surface area (Å²) < 4.78 is 24.1. The number of halogens is 1. The van der Waals surface area contributed by atoms with Crippen LogP contribution in [0.2, 0.25) is 5.15 Å². The van der Waals surface area contributed by atoms with Gasteiger partial charge in [-0.3, -0.25) is 33.2 Å². The minimum atomic E-state index is -0.731. The molecule has 8 atom stereocenters. The lowest BCUT2D eigenvalue weighted by Crippen LogP contribution is -2.39. The average molecular weight is 1540 g/mol. The van der Waals surface area contributed by atoms with Gasteiger partial charge < -0.3 is 34.8 Å². The Bertz CT molecular complexity index is 5630. The van der Waals surface area contributed by atoms with Crippen molar-refractivity contribution < 1.29 is 29.5 Å². The molecule has 113 heavy (non-hydrogen) atoms. The van der Waals surface area contributed by atoms with Crippen molar-refractivity contribution >= 4 is 76.6 Å². The molecule has 0 radical (unpaired) electrons. The van der Waals surface area contributed by atoms with Crippen LogP contribution in [0.5, 0.6) is 0 Å². The first kappa shape index (κ1) is 77.0. The van der Waals surface area contributed by atoms with Gasteiger partial charge in [0, 0.05) is 97.8 Å². The number of nitrogens with zero attached hydrogens (tertiary/aromatic N) is 14. The summed E-state index contributed by atoms with van der Waals surface area (Å²) >= 11 is 5.92. The zero-order valence-electron chi connectivity index (χ0n) is 62.9. The molecule has 3 saturated heterocycles. The maximum Gasteiger partial charge on any atom is 0.261 e. The van der Waals surface area contributed by atoms with Gasteiger partial charge in [-0.15, -0.1) is 0 Å². The van der Waals surface area contributed by atoms with Crippen LogP contribution in [-0.4, -0.2) is 160 Å². The third kappa shape index (κ3) is 17.3. The maximum absolute atomic E-state index is 13.5. The molecule has 0 amide bonds. The molecule has 4 fully saturated rings. The summed E-state index contributed by atoms with van der Waals surface area (Å²) in [7, 11) is 2.10. The molecule has 5 N–H and O–H groups in total. The first-order chi connectivity index (χ1) is 55.4. The van der Waals surface area contributed by atoms with Crippen LogP contribution >= 0.6 is 11.6 Å². The van der Waals surface area contributed by atoms with Gasteiger partial charge in [0.25, 0.3) is 16.7 Å². The van der Waals surface area contributed by atoms with Crippen LogP contribution in [0.1, 0.15) is 110 Å². The predicted octanol–water partition coefficient (Wildman–Crippen LogP) is 12.2. The molecule has 3 aliphatic heterocycles. The Labute approximate surface area is 655 Å². The standard InChI is InChI=1S/2C26H23N5O3.C23H20ClN3O3.C9H19N.C3H4N2/c2*32-23-15-34-11-8-22(23)30-16-28-25-20-5-2-1-4-19(20)18(13-21(25)26(30)33)12-17-6-7-24(27-14-17)31-10-3-9-29-31;24-21-6-5-14(11-25-21)9-15-10-18-22(17-4-2-1-3-16(15)17)26-13-27(23(18)29)19-7-8-30-12-20(19)28;1-3-8-6-4-5-7-9(8)10-2;1-2-4-5-3-1/h2*1-7,9-10,13-14,16,22-23,32H,8,11-12,15H2;1-6,10-11,13,19-20,28H,7-9,12H2;8-10H,3-7H2,1-2H3;1-3H,(H,4,5)/t2*22-,23-;19-,20-;8-,9-;/m0001./s1. The van der Waals surface area contributed by atoms with Gasteiger partial charge in [0.05, 0.1) is 108 Å². The van der Waals surface area contributed by atoms with Gasteiger partial charge in [-0.2, -0.15) is 15.3 Å². The van der Waals surface area contributed by atoms with Crippen molar-refractivity contribution in [1.82, 2.24) is 78.7 Å². The predicted molar refractivity (Wildman–Crippen MR) is 436 cm³/mol. The van der Waals surface area contributed by atoms with E-state index >= 15 is 0 Å². The van der Waals surface area contributed by atoms with Gasteiger partial charge in [0.1, 0.15) is 5.15 Å². The number of aromatic nitrogens is 15. The molecule has 1 aliphatic carbocycles. The smallest absolute Gasteiger partial charge is 0.261 e. The Morgan fingerprint density at radius 2 is 0.858 bits per heavy atom. The maximum atomic E-state index is 13.5. The van der Waals surface area contributed by atoms with Crippen molar-refractivity contribution in [2.24, 2.45) is 5.92 Å². The molecule has 6 aromatic carbocycles. The normalized spacial score (nSPS) is 19.7. The van der Waals surface area contributed by atoms with Crippen LogP contribution in [0.15, 0.2) is 235 Å². The molecule has 25 nitrogen and oxygen atoms in total. The number of nitrogens with one attached hydrogen (secondary N) is 2. The molecule has 15 aromatic rings. The van der Waals surface area contributed by atoms with Crippen LogP contribution < -0.4 is 22.0 Å². The second kappa shape index (κ2) is 36.0. The van der Waals surface area contributed by atoms with Crippen molar-refractivity contribution in [3.8, 4) is 11.6 Å². The van der Waals surface area contributed by atoms with Gasteiger partial charge in [-0.1, -0.05) is 129 Å². The van der Waals surface area contributed by atoms with Gasteiger partial charge in [0.2, 0.25) is 0 Å². The summed E-state index contributed by atoms with van der Waals surface area (Å²) in [6.07, 6.45) is 29.2. The minimum Gasteiger partial charge on any atom is -0.389 e. The van der Waals surface area contributed by atoms with Gasteiger partial charge in [-0.05, 0) is 168 Å². The fourth-order valence-corrected chi connectivity index (χ4v) is 16.1. The Balaban J connectivity index is 0.000000122. The van der Waals surface area contributed by atoms with Crippen molar-refractivity contribution in [1.29, 1.82) is 0 Å². The van der Waals surface area contributed by atoms with Crippen LogP contribution in [-0.2, 0) is 33.5 Å². The quantitative estimate of drug-likeness (QED) is 0.0529. The van der Waals surface area contributed by atoms with Crippen molar-refractivity contribution in [3.63, 3.8) is 0 Å². The molecule has 0 spiro atoms. The summed E-state index contributed by atoms with van der Waals surface area (Å²) in [5.74, 6) is 2.46. The van der Waals surface area contributed by atoms with Crippen molar-refractivity contribution in [2.75, 3.05) is 46.7 Å². The van der Waals surface area contributed by atoms with E-state index in [-0.39, 0.29) is 54.6 Å². The first-order valence-corrected chi connectivity index (χ1v) is 38.9. The van der Waals surface area contributed by atoms with Crippen LogP contribution in [0.3, 0.4) is 0 Å². The first-order valence-electron chi connectivity index (χ1n) is 38.5. The van der Waals surface area contributed by atoms with Crippen LogP contribution in [0.4, 0.5) is 0 Å². The summed E-state index contributed by atoms with van der Waals surface area (Å²) in [6, 6.07) is 46.8. The largest absolute Gasteiger partial charge is 0.389 e. The van der Waals surface area contributed by atoms with E-state index in [1.807, 2.05) is 152 Å². The molecule has 578 valence electrons. The Morgan fingerprint density at radius 3 is 1.17 bits per heavy atom. The number of benzene rings is 6. The second-order valence-electron chi connectivity index (χ2n) is 28.9. The lowest BCUT2D eigenvalue weighted by Gasteiger charge is -2.30. The van der Waals surface area contributed by atoms with Gasteiger partial charge in [-0.25, -0.2) is 39.3 Å². The number of hydrogen-bond donors (Lipinski definition) is 5. The van der Waals surface area contributed by atoms with Gasteiger partial charge in [0.15, 0.2) is 11.6 Å². The highest BCUT2D eigenvalue weighted by Crippen LogP contribution is 2.34. The van der Waals surface area contributed by atoms with E-state index in [0.29, 0.717) is 96.2 Å². The number of aromatic amines is 1. The molecule has 4 aliphatic rings. The number of rotatable bonds is 13. The average Bonchev–Trinajstić information content (AvgIpc) is 0.789. The Morgan fingerprint density at radius 1 is 0.460 bits per heavy atom. The van der Waals surface area contributed by atoms with Crippen LogP contribution in [0.25, 0.3) is 76.7 Å². The summed E-state index contributed by atoms with van der Waals surface area (Å²) in [4.78, 5) is 67.7. The summed E-state index contributed by atoms with van der Waals surface area (Å²) in [5.41, 5.74) is 7.74. The highest BCUT2D eigenvalue weighted by atomic mass is 35.5. The van der Waals surface area contributed by atoms with Crippen molar-refractivity contribution in [2.45, 2.75) is 120 Å². The molecule has 26 heteroatoms. The number of aliphatic hydroxyl groups excluding tert-OH is 3. The third-order valence-corrected chi connectivity index (χ3v) is 22.1. The third-order valence-electron chi connectivity index (χ3n) is 21.9. The van der Waals surface area contributed by atoms with Crippen LogP contribution in [0, 0.1) is 5.92 Å². The molecular weight excluding hydrogens is 1450 g/mol. The Hall–Kier alpha value is -11.4. The van der Waals surface area contributed by atoms with E-state index < -0.39 is 18.3 Å². The number of hydrogen-bond acceptors (Lipinski definition) is 19. The molecule has 9 aromatic heterocycles. The topological polar surface area (TPSA) is 308 Å². The van der Waals surface area contributed by atoms with Gasteiger partial charge >= 0.3 is 0 Å². The van der Waals surface area contributed by atoms with E-state index in [1.54, 1.807) is 79.1 Å². The minimum absolute atomic E-state index is 0.143. The number of ether oxygens (including phenoxy) is 3. The zero-order chi connectivity index (χ0) is 77.7. The highest BCUT2D eigenvalue weighted by molar-refractivity contribution is 6.29. The Kier molecular flexibility index (Phi) is 24.5. The zero-order valence-corrected chi connectivity index (χ0v) is 63.6.